The average Bonchev–Trinajstić information content (AvgIpc) is 2.52. The summed E-state index contributed by atoms with van der Waals surface area (Å²) in [6.45, 7) is 6.15. The van der Waals surface area contributed by atoms with Crippen LogP contribution in [0.4, 0.5) is 4.39 Å². The molecule has 0 aromatic heterocycles. The van der Waals surface area contributed by atoms with E-state index in [9.17, 15) is 4.39 Å². The minimum absolute atomic E-state index is 0.133. The summed E-state index contributed by atoms with van der Waals surface area (Å²) in [6, 6.07) is 6.66. The first-order chi connectivity index (χ1) is 10.2. The van der Waals surface area contributed by atoms with Crippen molar-refractivity contribution in [3.63, 3.8) is 0 Å². The van der Waals surface area contributed by atoms with Gasteiger partial charge in [-0.1, -0.05) is 18.2 Å². The molecule has 1 heterocycles. The van der Waals surface area contributed by atoms with Crippen LogP contribution in [0.5, 0.6) is 0 Å². The summed E-state index contributed by atoms with van der Waals surface area (Å²) in [5, 5.41) is 2.97. The van der Waals surface area contributed by atoms with Gasteiger partial charge >= 0.3 is 0 Å². The van der Waals surface area contributed by atoms with Crippen molar-refractivity contribution in [1.29, 1.82) is 0 Å². The molecule has 0 saturated carbocycles. The molecular weight excluding hydrogens is 269 g/mol. The van der Waals surface area contributed by atoms with Gasteiger partial charge in [0.2, 0.25) is 0 Å². The Labute approximate surface area is 124 Å². The molecule has 3 N–H and O–H groups in total. The minimum Gasteiger partial charge on any atom is -0.381 e. The Morgan fingerprint density at radius 1 is 1.38 bits per heavy atom. The van der Waals surface area contributed by atoms with Gasteiger partial charge in [0.25, 0.3) is 0 Å². The Balaban J connectivity index is 2.17. The van der Waals surface area contributed by atoms with Gasteiger partial charge in [-0.15, -0.1) is 6.58 Å². The van der Waals surface area contributed by atoms with Gasteiger partial charge in [0.1, 0.15) is 5.82 Å². The molecule has 2 rings (SSSR count). The van der Waals surface area contributed by atoms with Crippen LogP contribution in [0.15, 0.2) is 41.9 Å². The zero-order valence-corrected chi connectivity index (χ0v) is 12.1. The van der Waals surface area contributed by atoms with Gasteiger partial charge in [0.15, 0.2) is 5.96 Å². The van der Waals surface area contributed by atoms with E-state index in [1.807, 2.05) is 12.1 Å². The van der Waals surface area contributed by atoms with Crippen molar-refractivity contribution in [2.45, 2.75) is 18.3 Å². The molecular formula is C16H22FN3O. The van der Waals surface area contributed by atoms with E-state index in [0.717, 1.165) is 18.4 Å². The second-order valence-electron chi connectivity index (χ2n) is 5.27. The molecule has 1 aromatic rings. The second-order valence-corrected chi connectivity index (χ2v) is 5.27. The highest BCUT2D eigenvalue weighted by molar-refractivity contribution is 5.78. The summed E-state index contributed by atoms with van der Waals surface area (Å²) >= 11 is 0. The number of nitrogens with zero attached hydrogens (tertiary/aromatic N) is 1. The molecule has 0 radical (unpaired) electrons. The van der Waals surface area contributed by atoms with E-state index in [-0.39, 0.29) is 11.2 Å². The van der Waals surface area contributed by atoms with Gasteiger partial charge in [0, 0.05) is 25.2 Å². The molecule has 1 saturated heterocycles. The van der Waals surface area contributed by atoms with E-state index in [0.29, 0.717) is 32.3 Å². The first-order valence-corrected chi connectivity index (χ1v) is 7.15. The number of hydrogen-bond acceptors (Lipinski definition) is 2. The maximum Gasteiger partial charge on any atom is 0.188 e. The Kier molecular flexibility index (Phi) is 5.33. The topological polar surface area (TPSA) is 59.6 Å². The van der Waals surface area contributed by atoms with E-state index in [4.69, 9.17) is 10.5 Å². The molecule has 21 heavy (non-hydrogen) atoms. The predicted molar refractivity (Wildman–Crippen MR) is 82.8 cm³/mol. The third kappa shape index (κ3) is 4.04. The normalized spacial score (nSPS) is 18.2. The summed E-state index contributed by atoms with van der Waals surface area (Å²) in [5.41, 5.74) is 6.80. The Hall–Kier alpha value is -1.88. The van der Waals surface area contributed by atoms with Crippen LogP contribution in [0.1, 0.15) is 18.4 Å². The number of ether oxygens (including phenoxy) is 1. The molecule has 1 fully saturated rings. The molecule has 4 nitrogen and oxygen atoms in total. The molecule has 114 valence electrons. The fraction of sp³-hybridized carbons (Fsp3) is 0.438. The third-order valence-corrected chi connectivity index (χ3v) is 3.89. The van der Waals surface area contributed by atoms with Crippen LogP contribution in [-0.4, -0.2) is 32.3 Å². The molecule has 0 amide bonds. The van der Waals surface area contributed by atoms with Crippen molar-refractivity contribution in [1.82, 2.24) is 5.32 Å². The van der Waals surface area contributed by atoms with E-state index in [1.165, 1.54) is 12.1 Å². The van der Waals surface area contributed by atoms with Gasteiger partial charge in [-0.3, -0.25) is 4.99 Å². The molecule has 0 bridgehead atoms. The third-order valence-electron chi connectivity index (χ3n) is 3.89. The van der Waals surface area contributed by atoms with Gasteiger partial charge in [-0.2, -0.15) is 0 Å². The summed E-state index contributed by atoms with van der Waals surface area (Å²) < 4.78 is 18.6. The predicted octanol–water partition coefficient (Wildman–Crippen LogP) is 1.96. The number of guanidine groups is 1. The minimum atomic E-state index is -0.225. The molecule has 0 spiro atoms. The van der Waals surface area contributed by atoms with Gasteiger partial charge in [-0.25, -0.2) is 4.39 Å². The van der Waals surface area contributed by atoms with Crippen molar-refractivity contribution in [3.8, 4) is 0 Å². The quantitative estimate of drug-likeness (QED) is 0.495. The van der Waals surface area contributed by atoms with Crippen LogP contribution in [-0.2, 0) is 10.2 Å². The van der Waals surface area contributed by atoms with Gasteiger partial charge < -0.3 is 15.8 Å². The van der Waals surface area contributed by atoms with Crippen molar-refractivity contribution in [3.05, 3.63) is 48.3 Å². The number of rotatable bonds is 5. The lowest BCUT2D eigenvalue weighted by molar-refractivity contribution is 0.0531. The molecule has 5 heteroatoms. The molecule has 1 aliphatic heterocycles. The van der Waals surface area contributed by atoms with Gasteiger partial charge in [-0.05, 0) is 30.5 Å². The summed E-state index contributed by atoms with van der Waals surface area (Å²) in [6.07, 6.45) is 3.44. The fourth-order valence-corrected chi connectivity index (χ4v) is 2.57. The highest BCUT2D eigenvalue weighted by Crippen LogP contribution is 2.35. The standard InChI is InChI=1S/C16H22FN3O/c1-2-9-19-15(18)20-12-16(7-10-21-11-8-16)13-3-5-14(17)6-4-13/h2-6H,1,7-12H2,(H3,18,19,20). The van der Waals surface area contributed by atoms with Crippen LogP contribution in [0.25, 0.3) is 0 Å². The summed E-state index contributed by atoms with van der Waals surface area (Å²) in [7, 11) is 0. The highest BCUT2D eigenvalue weighted by atomic mass is 19.1. The molecule has 0 unspecified atom stereocenters. The van der Waals surface area contributed by atoms with Crippen LogP contribution >= 0.6 is 0 Å². The first kappa shape index (κ1) is 15.5. The van der Waals surface area contributed by atoms with Crippen molar-refractivity contribution in [2.24, 2.45) is 10.7 Å². The van der Waals surface area contributed by atoms with Gasteiger partial charge in [0.05, 0.1) is 6.54 Å². The number of aliphatic imine (C=N–C) groups is 1. The van der Waals surface area contributed by atoms with Crippen LogP contribution in [0.3, 0.4) is 0 Å². The lowest BCUT2D eigenvalue weighted by Gasteiger charge is -2.36. The summed E-state index contributed by atoms with van der Waals surface area (Å²) in [4.78, 5) is 4.44. The SMILES string of the molecule is C=CCNC(N)=NCC1(c2ccc(F)cc2)CCOCC1. The number of benzene rings is 1. The average molecular weight is 291 g/mol. The maximum absolute atomic E-state index is 13.1. The number of hydrogen-bond donors (Lipinski definition) is 2. The summed E-state index contributed by atoms with van der Waals surface area (Å²) in [5.74, 6) is 0.180. The van der Waals surface area contributed by atoms with Crippen LogP contribution < -0.4 is 11.1 Å². The van der Waals surface area contributed by atoms with E-state index < -0.39 is 0 Å². The lowest BCUT2D eigenvalue weighted by atomic mass is 9.74. The zero-order valence-electron chi connectivity index (χ0n) is 12.1. The smallest absolute Gasteiger partial charge is 0.188 e. The largest absolute Gasteiger partial charge is 0.381 e. The zero-order chi connectivity index (χ0) is 15.1. The highest BCUT2D eigenvalue weighted by Gasteiger charge is 2.34. The van der Waals surface area contributed by atoms with Crippen LogP contribution in [0.2, 0.25) is 0 Å². The monoisotopic (exact) mass is 291 g/mol. The van der Waals surface area contributed by atoms with Crippen molar-refractivity contribution >= 4 is 5.96 Å². The first-order valence-electron chi connectivity index (χ1n) is 7.15. The second kappa shape index (κ2) is 7.22. The number of halogens is 1. The molecule has 0 aliphatic carbocycles. The van der Waals surface area contributed by atoms with Crippen molar-refractivity contribution in [2.75, 3.05) is 26.3 Å². The lowest BCUT2D eigenvalue weighted by Crippen LogP contribution is -2.39. The molecule has 0 atom stereocenters. The van der Waals surface area contributed by atoms with E-state index in [1.54, 1.807) is 6.08 Å². The van der Waals surface area contributed by atoms with Crippen molar-refractivity contribution < 1.29 is 9.13 Å². The number of nitrogens with one attached hydrogen (secondary N) is 1. The van der Waals surface area contributed by atoms with Crippen LogP contribution in [0, 0.1) is 5.82 Å². The van der Waals surface area contributed by atoms with E-state index in [2.05, 4.69) is 16.9 Å². The fourth-order valence-electron chi connectivity index (χ4n) is 2.57. The Bertz CT molecular complexity index is 493. The van der Waals surface area contributed by atoms with E-state index >= 15 is 0 Å². The Morgan fingerprint density at radius 2 is 2.05 bits per heavy atom. The Morgan fingerprint density at radius 3 is 2.67 bits per heavy atom. The number of nitrogens with two attached hydrogens (primary N) is 1. The molecule has 1 aromatic carbocycles. The molecule has 1 aliphatic rings. The maximum atomic E-state index is 13.1.